The van der Waals surface area contributed by atoms with Crippen LogP contribution in [0.4, 0.5) is 9.52 Å². The van der Waals surface area contributed by atoms with Gasteiger partial charge in [-0.15, -0.1) is 0 Å². The highest BCUT2D eigenvalue weighted by Gasteiger charge is 2.22. The Hall–Kier alpha value is -2.35. The summed E-state index contributed by atoms with van der Waals surface area (Å²) in [6.45, 7) is 8.89. The monoisotopic (exact) mass is 427 g/mol. The van der Waals surface area contributed by atoms with E-state index >= 15 is 0 Å². The average molecular weight is 428 g/mol. The first-order chi connectivity index (χ1) is 14.5. The number of carbonyl (C=O) groups excluding carboxylic acids is 1. The molecule has 3 aromatic rings. The van der Waals surface area contributed by atoms with Crippen molar-refractivity contribution >= 4 is 32.6 Å². The van der Waals surface area contributed by atoms with Crippen LogP contribution >= 0.6 is 11.3 Å². The highest BCUT2D eigenvalue weighted by atomic mass is 32.1. The molecule has 1 fully saturated rings. The topological polar surface area (TPSA) is 45.7 Å². The van der Waals surface area contributed by atoms with E-state index in [1.54, 1.807) is 17.0 Å². The minimum Gasteiger partial charge on any atom is -0.379 e. The lowest BCUT2D eigenvalue weighted by Gasteiger charge is -2.27. The summed E-state index contributed by atoms with van der Waals surface area (Å²) >= 11 is 1.51. The van der Waals surface area contributed by atoms with Gasteiger partial charge in [-0.3, -0.25) is 14.6 Å². The normalized spacial score (nSPS) is 14.9. The maximum absolute atomic E-state index is 13.7. The van der Waals surface area contributed by atoms with Gasteiger partial charge in [0.25, 0.3) is 5.91 Å². The molecule has 0 bridgehead atoms. The van der Waals surface area contributed by atoms with Crippen LogP contribution in [0.2, 0.25) is 0 Å². The number of fused-ring (bicyclic) bond motifs is 1. The summed E-state index contributed by atoms with van der Waals surface area (Å²) in [6.07, 6.45) is 0.815. The molecule has 4 rings (SSSR count). The highest BCUT2D eigenvalue weighted by Crippen LogP contribution is 2.31. The quantitative estimate of drug-likeness (QED) is 0.584. The Bertz CT molecular complexity index is 1010. The first-order valence-electron chi connectivity index (χ1n) is 10.3. The van der Waals surface area contributed by atoms with Crippen molar-refractivity contribution in [3.05, 3.63) is 58.9 Å². The van der Waals surface area contributed by atoms with Crippen LogP contribution in [-0.2, 0) is 4.74 Å². The highest BCUT2D eigenvalue weighted by molar-refractivity contribution is 7.22. The molecule has 1 saturated heterocycles. The minimum absolute atomic E-state index is 0.219. The van der Waals surface area contributed by atoms with Gasteiger partial charge in [0.2, 0.25) is 0 Å². The zero-order valence-electron chi connectivity index (χ0n) is 17.4. The molecule has 7 heteroatoms. The van der Waals surface area contributed by atoms with Gasteiger partial charge in [-0.25, -0.2) is 9.37 Å². The predicted molar refractivity (Wildman–Crippen MR) is 119 cm³/mol. The zero-order chi connectivity index (χ0) is 21.1. The molecule has 158 valence electrons. The Morgan fingerprint density at radius 1 is 1.20 bits per heavy atom. The fourth-order valence-corrected chi connectivity index (χ4v) is 4.69. The van der Waals surface area contributed by atoms with Gasteiger partial charge >= 0.3 is 0 Å². The standard InChI is InChI=1S/C23H26FN3O2S/c1-16-13-20-21(14-17(16)2)30-23(25-20)27(8-4-7-26-9-11-29-12-10-26)22(28)18-5-3-6-19(24)15-18/h3,5-6,13-15H,4,7-12H2,1-2H3. The van der Waals surface area contributed by atoms with Crippen LogP contribution in [0.25, 0.3) is 10.2 Å². The van der Waals surface area contributed by atoms with Gasteiger partial charge in [0.05, 0.1) is 23.4 Å². The number of hydrogen-bond acceptors (Lipinski definition) is 5. The molecule has 1 aliphatic rings. The molecule has 0 radical (unpaired) electrons. The number of amides is 1. The van der Waals surface area contributed by atoms with Crippen molar-refractivity contribution in [2.75, 3.05) is 44.3 Å². The number of aryl methyl sites for hydroxylation is 2. The lowest BCUT2D eigenvalue weighted by Crippen LogP contribution is -2.39. The molecule has 1 aromatic heterocycles. The van der Waals surface area contributed by atoms with E-state index < -0.39 is 5.82 Å². The molecule has 30 heavy (non-hydrogen) atoms. The molecule has 0 aliphatic carbocycles. The summed E-state index contributed by atoms with van der Waals surface area (Å²) in [5.74, 6) is -0.631. The van der Waals surface area contributed by atoms with Gasteiger partial charge in [-0.1, -0.05) is 17.4 Å². The van der Waals surface area contributed by atoms with E-state index in [1.165, 1.54) is 34.6 Å². The molecule has 0 unspecified atom stereocenters. The van der Waals surface area contributed by atoms with E-state index in [0.29, 0.717) is 17.2 Å². The van der Waals surface area contributed by atoms with Crippen LogP contribution in [0.5, 0.6) is 0 Å². The largest absolute Gasteiger partial charge is 0.379 e. The molecular formula is C23H26FN3O2S. The van der Waals surface area contributed by atoms with Crippen LogP contribution in [0.15, 0.2) is 36.4 Å². The van der Waals surface area contributed by atoms with E-state index in [2.05, 4.69) is 30.9 Å². The Morgan fingerprint density at radius 3 is 2.73 bits per heavy atom. The summed E-state index contributed by atoms with van der Waals surface area (Å²) in [4.78, 5) is 22.1. The number of hydrogen-bond donors (Lipinski definition) is 0. The molecule has 5 nitrogen and oxygen atoms in total. The van der Waals surface area contributed by atoms with Crippen molar-refractivity contribution in [3.8, 4) is 0 Å². The third-order valence-corrected chi connectivity index (χ3v) is 6.54. The van der Waals surface area contributed by atoms with E-state index in [4.69, 9.17) is 9.72 Å². The number of thiazole rings is 1. The Balaban J connectivity index is 1.59. The van der Waals surface area contributed by atoms with Crippen molar-refractivity contribution in [1.82, 2.24) is 9.88 Å². The second-order valence-corrected chi connectivity index (χ2v) is 8.68. The van der Waals surface area contributed by atoms with Crippen molar-refractivity contribution in [1.29, 1.82) is 0 Å². The molecule has 2 aromatic carbocycles. The molecule has 0 spiro atoms. The van der Waals surface area contributed by atoms with Crippen molar-refractivity contribution in [2.24, 2.45) is 0 Å². The van der Waals surface area contributed by atoms with Crippen molar-refractivity contribution in [2.45, 2.75) is 20.3 Å². The summed E-state index contributed by atoms with van der Waals surface area (Å²) < 4.78 is 20.2. The van der Waals surface area contributed by atoms with E-state index in [1.807, 2.05) is 0 Å². The number of rotatable bonds is 6. The van der Waals surface area contributed by atoms with Crippen LogP contribution in [0, 0.1) is 19.7 Å². The first-order valence-corrected chi connectivity index (χ1v) is 11.1. The molecular weight excluding hydrogens is 401 g/mol. The summed E-state index contributed by atoms with van der Waals surface area (Å²) in [5.41, 5.74) is 3.61. The third kappa shape index (κ3) is 4.69. The minimum atomic E-state index is -0.412. The Morgan fingerprint density at radius 2 is 1.97 bits per heavy atom. The molecule has 2 heterocycles. The van der Waals surface area contributed by atoms with E-state index in [-0.39, 0.29) is 5.91 Å². The summed E-state index contributed by atoms with van der Waals surface area (Å²) in [7, 11) is 0. The van der Waals surface area contributed by atoms with Gasteiger partial charge in [-0.05, 0) is 61.7 Å². The second-order valence-electron chi connectivity index (χ2n) is 7.68. The number of morpholine rings is 1. The molecule has 0 N–H and O–H groups in total. The lowest BCUT2D eigenvalue weighted by atomic mass is 10.1. The average Bonchev–Trinajstić information content (AvgIpc) is 3.14. The molecule has 1 amide bonds. The van der Waals surface area contributed by atoms with Crippen molar-refractivity contribution < 1.29 is 13.9 Å². The smallest absolute Gasteiger partial charge is 0.260 e. The van der Waals surface area contributed by atoms with Crippen LogP contribution in [0.3, 0.4) is 0 Å². The number of ether oxygens (including phenoxy) is 1. The lowest BCUT2D eigenvalue weighted by molar-refractivity contribution is 0.0376. The number of nitrogens with zero attached hydrogens (tertiary/aromatic N) is 3. The van der Waals surface area contributed by atoms with E-state index in [0.717, 1.165) is 49.5 Å². The third-order valence-electron chi connectivity index (χ3n) is 5.50. The van der Waals surface area contributed by atoms with Crippen molar-refractivity contribution in [3.63, 3.8) is 0 Å². The molecule has 0 atom stereocenters. The Kier molecular flexibility index (Phi) is 6.41. The molecule has 0 saturated carbocycles. The van der Waals surface area contributed by atoms with Crippen LogP contribution in [0.1, 0.15) is 27.9 Å². The van der Waals surface area contributed by atoms with Gasteiger partial charge in [0.1, 0.15) is 5.82 Å². The van der Waals surface area contributed by atoms with Gasteiger partial charge < -0.3 is 4.74 Å². The second kappa shape index (κ2) is 9.20. The fraction of sp³-hybridized carbons (Fsp3) is 0.391. The SMILES string of the molecule is Cc1cc2nc(N(CCCN3CCOCC3)C(=O)c3cccc(F)c3)sc2cc1C. The zero-order valence-corrected chi connectivity index (χ0v) is 18.2. The molecule has 1 aliphatic heterocycles. The Labute approximate surface area is 180 Å². The van der Waals surface area contributed by atoms with Crippen LogP contribution < -0.4 is 4.90 Å². The maximum atomic E-state index is 13.7. The maximum Gasteiger partial charge on any atom is 0.260 e. The number of aromatic nitrogens is 1. The number of halogens is 1. The van der Waals surface area contributed by atoms with Gasteiger partial charge in [0, 0.05) is 31.7 Å². The van der Waals surface area contributed by atoms with Gasteiger partial charge in [-0.2, -0.15) is 0 Å². The van der Waals surface area contributed by atoms with Gasteiger partial charge in [0.15, 0.2) is 5.13 Å². The fourth-order valence-electron chi connectivity index (χ4n) is 3.62. The number of benzene rings is 2. The number of anilines is 1. The summed E-state index contributed by atoms with van der Waals surface area (Å²) in [5, 5.41) is 0.659. The van der Waals surface area contributed by atoms with E-state index in [9.17, 15) is 9.18 Å². The number of carbonyl (C=O) groups is 1. The first kappa shape index (κ1) is 20.9. The van der Waals surface area contributed by atoms with Crippen LogP contribution in [-0.4, -0.2) is 55.2 Å². The predicted octanol–water partition coefficient (Wildman–Crippen LogP) is 4.42. The summed E-state index contributed by atoms with van der Waals surface area (Å²) in [6, 6.07) is 10.0.